The quantitative estimate of drug-likeness (QED) is 0.0843. The summed E-state index contributed by atoms with van der Waals surface area (Å²) in [4.78, 5) is 32.0. The van der Waals surface area contributed by atoms with E-state index in [1.54, 1.807) is 83.1 Å². The van der Waals surface area contributed by atoms with Crippen molar-refractivity contribution in [2.45, 2.75) is 54.2 Å². The second-order valence-corrected chi connectivity index (χ2v) is 24.3. The second kappa shape index (κ2) is 22.5. The van der Waals surface area contributed by atoms with E-state index in [4.69, 9.17) is 13.0 Å². The van der Waals surface area contributed by atoms with Crippen molar-refractivity contribution in [3.63, 3.8) is 0 Å². The number of hydrogen-bond acceptors (Lipinski definition) is 13. The maximum absolute atomic E-state index is 13.9. The highest BCUT2D eigenvalue weighted by Crippen LogP contribution is 2.38. The largest absolute Gasteiger partial charge is 0.480 e. The zero-order chi connectivity index (χ0) is 60.3. The minimum Gasteiger partial charge on any atom is -0.480 e. The first kappa shape index (κ1) is 47.8. The van der Waals surface area contributed by atoms with Gasteiger partial charge in [-0.1, -0.05) is 119 Å². The highest BCUT2D eigenvalue weighted by atomic mass is 32.2. The Kier molecular flexibility index (Phi) is 14.1. The van der Waals surface area contributed by atoms with Crippen LogP contribution in [0.1, 0.15) is 37.4 Å². The van der Waals surface area contributed by atoms with Crippen LogP contribution in [0.25, 0.3) is 21.5 Å². The number of aromatic nitrogens is 2. The maximum Gasteiger partial charge on any atom is 0.326 e. The number of anilines is 4. The van der Waals surface area contributed by atoms with Gasteiger partial charge < -0.3 is 9.84 Å². The van der Waals surface area contributed by atoms with Crippen molar-refractivity contribution in [2.24, 2.45) is 0 Å². The van der Waals surface area contributed by atoms with Crippen molar-refractivity contribution in [2.75, 3.05) is 50.9 Å². The second-order valence-electron chi connectivity index (χ2n) is 17.0. The van der Waals surface area contributed by atoms with Crippen LogP contribution < -0.4 is 17.2 Å². The number of carboxylic acid groups (broad SMARTS) is 1. The third-order valence-electron chi connectivity index (χ3n) is 11.6. The molecule has 8 rings (SSSR count). The summed E-state index contributed by atoms with van der Waals surface area (Å²) in [6.07, 6.45) is 1.91. The molecule has 0 spiro atoms. The SMILES string of the molecule is [2H]C([2H])([2H])N(c1cnc(N(CC(=O)O)S(=O)(=O)c2ccc(C)cc2)c2ccccc12)S(=O)(=O)c1ccc(C)cc1.[2H]C([2H])([2H])N(c1cnc(N(CC(=O)OCC)S(=O)(=O)c2ccc(C)cc2)c2ccccc12)S(=O)(=O)c1ccc(C)cc1. The van der Waals surface area contributed by atoms with E-state index < -0.39 is 79.1 Å². The van der Waals surface area contributed by atoms with Crippen LogP contribution in [0.5, 0.6) is 0 Å². The summed E-state index contributed by atoms with van der Waals surface area (Å²) in [7, 11) is -18.1. The van der Waals surface area contributed by atoms with Crippen molar-refractivity contribution < 1.29 is 61.3 Å². The number of carbonyl (C=O) groups is 2. The molecule has 0 aliphatic rings. The van der Waals surface area contributed by atoms with E-state index in [1.807, 2.05) is 0 Å². The summed E-state index contributed by atoms with van der Waals surface area (Å²) in [6, 6.07) is 35.0. The predicted molar refractivity (Wildman–Crippen MR) is 293 cm³/mol. The molecule has 6 aromatic carbocycles. The molecule has 2 aromatic heterocycles. The standard InChI is InChI=1S/C28H29N3O6S2.C26H25N3O6S2/c1-5-37-27(32)19-31(39(35,36)23-16-12-21(3)13-17-23)28-25-9-7-6-8-24(25)26(18-29-28)30(4)38(33,34)22-14-10-20(2)11-15-22;1-18-8-12-20(13-9-18)36(32,33)28(3)24-16-27-26(23-7-5-4-6-22(23)24)29(17-25(30)31)37(34,35)21-14-10-19(2)11-15-21/h6-18H,5,19H2,1-4H3;4-16H,17H2,1-3H3,(H,30,31)/i4D3;3D3. The van der Waals surface area contributed by atoms with E-state index in [2.05, 4.69) is 9.97 Å². The molecule has 0 saturated carbocycles. The number of aryl methyl sites for hydroxylation is 4. The predicted octanol–water partition coefficient (Wildman–Crippen LogP) is 8.39. The fourth-order valence-electron chi connectivity index (χ4n) is 7.61. The Hall–Kier alpha value is -7.92. The van der Waals surface area contributed by atoms with Gasteiger partial charge in [-0.15, -0.1) is 0 Å². The molecule has 8 aromatic rings. The van der Waals surface area contributed by atoms with Gasteiger partial charge in [-0.25, -0.2) is 52.2 Å². The molecule has 0 unspecified atom stereocenters. The maximum atomic E-state index is 13.9. The summed E-state index contributed by atoms with van der Waals surface area (Å²) < 4.78 is 165. The monoisotopic (exact) mass is 1110 g/mol. The van der Waals surface area contributed by atoms with E-state index in [-0.39, 0.29) is 75.0 Å². The lowest BCUT2D eigenvalue weighted by molar-refractivity contribution is -0.141. The van der Waals surface area contributed by atoms with Gasteiger partial charge in [0.15, 0.2) is 11.6 Å². The van der Waals surface area contributed by atoms with Gasteiger partial charge in [0.1, 0.15) is 13.1 Å². The molecule has 0 fully saturated rings. The third-order valence-corrected chi connectivity index (χ3v) is 18.2. The third kappa shape index (κ3) is 11.6. The smallest absolute Gasteiger partial charge is 0.326 e. The van der Waals surface area contributed by atoms with Crippen molar-refractivity contribution in [3.05, 3.63) is 180 Å². The van der Waals surface area contributed by atoms with E-state index in [1.165, 1.54) is 97.1 Å². The molecule has 0 aliphatic carbocycles. The van der Waals surface area contributed by atoms with Crippen molar-refractivity contribution in [1.29, 1.82) is 0 Å². The van der Waals surface area contributed by atoms with Gasteiger partial charge in [-0.2, -0.15) is 0 Å². The van der Waals surface area contributed by atoms with E-state index >= 15 is 0 Å². The molecule has 0 atom stereocenters. The van der Waals surface area contributed by atoms with Crippen LogP contribution in [-0.2, 0) is 54.4 Å². The molecule has 18 nitrogen and oxygen atoms in total. The number of rotatable bonds is 17. The summed E-state index contributed by atoms with van der Waals surface area (Å²) in [6.45, 7) is 0.581. The number of sulfonamides is 4. The molecule has 0 amide bonds. The van der Waals surface area contributed by atoms with Crippen molar-refractivity contribution in [3.8, 4) is 0 Å². The molecule has 0 aliphatic heterocycles. The van der Waals surface area contributed by atoms with Gasteiger partial charge in [0.2, 0.25) is 0 Å². The van der Waals surface area contributed by atoms with E-state index in [0.29, 0.717) is 8.61 Å². The number of aliphatic carboxylic acids is 1. The lowest BCUT2D eigenvalue weighted by atomic mass is 10.1. The van der Waals surface area contributed by atoms with E-state index in [0.717, 1.165) is 39.0 Å². The van der Waals surface area contributed by atoms with Gasteiger partial charge in [0, 0.05) is 43.7 Å². The number of carboxylic acids is 1. The Balaban J connectivity index is 0.000000236. The number of benzene rings is 6. The van der Waals surface area contributed by atoms with Crippen LogP contribution in [0, 0.1) is 27.7 Å². The molecule has 2 heterocycles. The van der Waals surface area contributed by atoms with Crippen molar-refractivity contribution >= 4 is 96.6 Å². The van der Waals surface area contributed by atoms with Gasteiger partial charge in [-0.05, 0) is 83.1 Å². The molecule has 76 heavy (non-hydrogen) atoms. The molecule has 1 N–H and O–H groups in total. The average Bonchev–Trinajstić information content (AvgIpc) is 3.28. The Morgan fingerprint density at radius 2 is 0.776 bits per heavy atom. The summed E-state index contributed by atoms with van der Waals surface area (Å²) in [5.74, 6) is -2.81. The summed E-state index contributed by atoms with van der Waals surface area (Å²) in [5.41, 5.74) is 2.53. The average molecular weight is 1110 g/mol. The number of esters is 1. The molecular weight excluding hydrogens is 1050 g/mol. The van der Waals surface area contributed by atoms with Crippen LogP contribution in [0.3, 0.4) is 0 Å². The van der Waals surface area contributed by atoms with Gasteiger partial charge in [0.05, 0.1) is 50.0 Å². The fourth-order valence-corrected chi connectivity index (χ4v) is 12.6. The molecule has 0 saturated heterocycles. The van der Waals surface area contributed by atoms with Crippen LogP contribution in [-0.4, -0.2) is 94.3 Å². The normalized spacial score (nSPS) is 13.3. The van der Waals surface area contributed by atoms with Crippen LogP contribution in [0.15, 0.2) is 178 Å². The number of carbonyl (C=O) groups excluding carboxylic acids is 1. The lowest BCUT2D eigenvalue weighted by Crippen LogP contribution is -2.37. The Bertz CT molecular complexity index is 4160. The number of fused-ring (bicyclic) bond motifs is 2. The molecular formula is C54H54N6O12S4. The number of hydrogen-bond donors (Lipinski definition) is 1. The first-order valence-electron chi connectivity index (χ1n) is 25.9. The van der Waals surface area contributed by atoms with Crippen molar-refractivity contribution in [1.82, 2.24) is 9.97 Å². The summed E-state index contributed by atoms with van der Waals surface area (Å²) >= 11 is 0. The zero-order valence-corrected chi connectivity index (χ0v) is 44.7. The topological polar surface area (TPSA) is 239 Å². The first-order chi connectivity index (χ1) is 38.3. The molecule has 0 bridgehead atoms. The number of ether oxygens (including phenoxy) is 1. The summed E-state index contributed by atoms with van der Waals surface area (Å²) in [5, 5.41) is 9.83. The van der Waals surface area contributed by atoms with Gasteiger partial charge >= 0.3 is 11.9 Å². The Morgan fingerprint density at radius 1 is 0.474 bits per heavy atom. The van der Waals surface area contributed by atoms with Gasteiger partial charge in [-0.3, -0.25) is 18.2 Å². The zero-order valence-electron chi connectivity index (χ0n) is 47.4. The highest BCUT2D eigenvalue weighted by molar-refractivity contribution is 7.93. The minimum absolute atomic E-state index is 0.00871. The van der Waals surface area contributed by atoms with Crippen LogP contribution >= 0.6 is 0 Å². The number of pyridine rings is 2. The Morgan fingerprint density at radius 3 is 1.08 bits per heavy atom. The first-order valence-corrected chi connectivity index (χ1v) is 28.6. The lowest BCUT2D eigenvalue weighted by Gasteiger charge is -2.26. The van der Waals surface area contributed by atoms with Crippen LogP contribution in [0.2, 0.25) is 0 Å². The molecule has 22 heteroatoms. The number of nitrogens with zero attached hydrogens (tertiary/aromatic N) is 6. The molecule has 396 valence electrons. The van der Waals surface area contributed by atoms with Crippen LogP contribution in [0.4, 0.5) is 23.0 Å². The minimum atomic E-state index is -4.64. The fraction of sp³-hybridized carbons (Fsp3) is 0.185. The van der Waals surface area contributed by atoms with Gasteiger partial charge in [0.25, 0.3) is 40.1 Å². The molecule has 0 radical (unpaired) electrons. The highest BCUT2D eigenvalue weighted by Gasteiger charge is 2.34. The Labute approximate surface area is 451 Å². The van der Waals surface area contributed by atoms with E-state index in [9.17, 15) is 48.4 Å².